The van der Waals surface area contributed by atoms with Gasteiger partial charge in [-0.05, 0) is 55.0 Å². The molecule has 2 heterocycles. The van der Waals surface area contributed by atoms with Gasteiger partial charge in [-0.25, -0.2) is 4.98 Å². The predicted octanol–water partition coefficient (Wildman–Crippen LogP) is 4.63. The first-order valence-electron chi connectivity index (χ1n) is 9.92. The number of methoxy groups -OCH3 is 2. The van der Waals surface area contributed by atoms with Gasteiger partial charge in [0.1, 0.15) is 17.3 Å². The second-order valence-corrected chi connectivity index (χ2v) is 7.92. The van der Waals surface area contributed by atoms with Crippen molar-refractivity contribution in [1.29, 1.82) is 0 Å². The Morgan fingerprint density at radius 3 is 2.44 bits per heavy atom. The van der Waals surface area contributed by atoms with Crippen LogP contribution in [0.5, 0.6) is 11.5 Å². The van der Waals surface area contributed by atoms with Crippen LogP contribution in [0, 0.1) is 6.92 Å². The lowest BCUT2D eigenvalue weighted by Crippen LogP contribution is -2.06. The molecule has 0 saturated carbocycles. The Balaban J connectivity index is 1.68. The Bertz CT molecular complexity index is 1220. The van der Waals surface area contributed by atoms with Crippen LogP contribution in [0.2, 0.25) is 0 Å². The van der Waals surface area contributed by atoms with Gasteiger partial charge in [-0.15, -0.1) is 10.2 Å². The summed E-state index contributed by atoms with van der Waals surface area (Å²) < 4.78 is 12.5. The molecule has 0 aliphatic heterocycles. The van der Waals surface area contributed by atoms with E-state index in [-0.39, 0.29) is 11.5 Å². The lowest BCUT2D eigenvalue weighted by Gasteiger charge is -2.12. The molecule has 0 spiro atoms. The standard InChI is InChI=1S/C24H22N4O3S/c1-16-8-13-22(25-14-16)28-23(19-6-4-5-7-21(19)31-3)26-27-24(28)32-15-20(29)17-9-11-18(30-2)12-10-17/h4-14H,15H2,1-3H3. The molecular weight excluding hydrogens is 424 g/mol. The Morgan fingerprint density at radius 1 is 0.969 bits per heavy atom. The average molecular weight is 447 g/mol. The van der Waals surface area contributed by atoms with Crippen LogP contribution < -0.4 is 9.47 Å². The van der Waals surface area contributed by atoms with E-state index in [2.05, 4.69) is 15.2 Å². The fourth-order valence-corrected chi connectivity index (χ4v) is 3.99. The molecule has 4 rings (SSSR count). The quantitative estimate of drug-likeness (QED) is 0.288. The van der Waals surface area contributed by atoms with Crippen molar-refractivity contribution in [3.05, 3.63) is 78.0 Å². The van der Waals surface area contributed by atoms with Gasteiger partial charge in [0.2, 0.25) is 0 Å². The summed E-state index contributed by atoms with van der Waals surface area (Å²) in [6.07, 6.45) is 1.79. The SMILES string of the molecule is COc1ccc(C(=O)CSc2nnc(-c3ccccc3OC)n2-c2ccc(C)cn2)cc1. The van der Waals surface area contributed by atoms with Gasteiger partial charge in [0.05, 0.1) is 25.5 Å². The fraction of sp³-hybridized carbons (Fsp3) is 0.167. The summed E-state index contributed by atoms with van der Waals surface area (Å²) in [5.41, 5.74) is 2.45. The highest BCUT2D eigenvalue weighted by Crippen LogP contribution is 2.33. The minimum atomic E-state index is -0.0112. The van der Waals surface area contributed by atoms with Gasteiger partial charge >= 0.3 is 0 Å². The summed E-state index contributed by atoms with van der Waals surface area (Å²) >= 11 is 1.32. The minimum Gasteiger partial charge on any atom is -0.497 e. The number of ether oxygens (including phenoxy) is 2. The highest BCUT2D eigenvalue weighted by molar-refractivity contribution is 7.99. The molecule has 0 unspecified atom stereocenters. The molecule has 7 nitrogen and oxygen atoms in total. The van der Waals surface area contributed by atoms with Crippen molar-refractivity contribution in [2.45, 2.75) is 12.1 Å². The van der Waals surface area contributed by atoms with Gasteiger partial charge < -0.3 is 9.47 Å². The third kappa shape index (κ3) is 4.50. The van der Waals surface area contributed by atoms with E-state index in [9.17, 15) is 4.79 Å². The molecule has 0 N–H and O–H groups in total. The number of hydrogen-bond donors (Lipinski definition) is 0. The maximum absolute atomic E-state index is 12.7. The number of rotatable bonds is 8. The summed E-state index contributed by atoms with van der Waals surface area (Å²) in [5, 5.41) is 9.35. The molecular formula is C24H22N4O3S. The second kappa shape index (κ2) is 9.65. The van der Waals surface area contributed by atoms with Gasteiger partial charge in [0.25, 0.3) is 0 Å². The number of para-hydroxylation sites is 1. The van der Waals surface area contributed by atoms with E-state index in [1.807, 2.05) is 47.9 Å². The van der Waals surface area contributed by atoms with Crippen molar-refractivity contribution >= 4 is 17.5 Å². The van der Waals surface area contributed by atoms with Crippen LogP contribution in [0.25, 0.3) is 17.2 Å². The number of thioether (sulfide) groups is 1. The van der Waals surface area contributed by atoms with Gasteiger partial charge in [0, 0.05) is 11.8 Å². The summed E-state index contributed by atoms with van der Waals surface area (Å²) in [5.74, 6) is 2.85. The molecule has 0 amide bonds. The molecule has 162 valence electrons. The summed E-state index contributed by atoms with van der Waals surface area (Å²) in [6, 6.07) is 18.6. The number of nitrogens with zero attached hydrogens (tertiary/aromatic N) is 4. The lowest BCUT2D eigenvalue weighted by atomic mass is 10.1. The van der Waals surface area contributed by atoms with E-state index in [1.165, 1.54) is 11.8 Å². The molecule has 32 heavy (non-hydrogen) atoms. The second-order valence-electron chi connectivity index (χ2n) is 6.98. The third-order valence-electron chi connectivity index (χ3n) is 4.85. The Hall–Kier alpha value is -3.65. The number of aryl methyl sites for hydroxylation is 1. The van der Waals surface area contributed by atoms with Crippen molar-refractivity contribution in [2.24, 2.45) is 0 Å². The van der Waals surface area contributed by atoms with E-state index in [4.69, 9.17) is 9.47 Å². The van der Waals surface area contributed by atoms with E-state index in [1.54, 1.807) is 44.7 Å². The maximum Gasteiger partial charge on any atom is 0.197 e. The summed E-state index contributed by atoms with van der Waals surface area (Å²) in [4.78, 5) is 17.3. The molecule has 0 aliphatic rings. The Labute approximate surface area is 190 Å². The molecule has 4 aromatic rings. The number of aromatic nitrogens is 4. The number of carbonyl (C=O) groups excluding carboxylic acids is 1. The molecule has 2 aromatic heterocycles. The van der Waals surface area contributed by atoms with Crippen LogP contribution in [0.4, 0.5) is 0 Å². The zero-order valence-corrected chi connectivity index (χ0v) is 18.8. The number of carbonyl (C=O) groups is 1. The molecule has 8 heteroatoms. The highest BCUT2D eigenvalue weighted by Gasteiger charge is 2.20. The summed E-state index contributed by atoms with van der Waals surface area (Å²) in [7, 11) is 3.21. The van der Waals surface area contributed by atoms with Crippen molar-refractivity contribution in [3.63, 3.8) is 0 Å². The van der Waals surface area contributed by atoms with Gasteiger partial charge in [-0.3, -0.25) is 9.36 Å². The molecule has 0 atom stereocenters. The van der Waals surface area contributed by atoms with Crippen LogP contribution in [-0.4, -0.2) is 45.5 Å². The van der Waals surface area contributed by atoms with Crippen molar-refractivity contribution in [2.75, 3.05) is 20.0 Å². The number of Topliss-reactive ketones (excluding diaryl/α,β-unsaturated/α-hetero) is 1. The Morgan fingerprint density at radius 2 is 1.75 bits per heavy atom. The smallest absolute Gasteiger partial charge is 0.197 e. The van der Waals surface area contributed by atoms with Gasteiger partial charge in [0.15, 0.2) is 16.8 Å². The minimum absolute atomic E-state index is 0.0112. The van der Waals surface area contributed by atoms with Gasteiger partial charge in [-0.2, -0.15) is 0 Å². The van der Waals surface area contributed by atoms with Gasteiger partial charge in [-0.1, -0.05) is 30.0 Å². The lowest BCUT2D eigenvalue weighted by molar-refractivity contribution is 0.102. The number of ketones is 1. The first-order valence-corrected chi connectivity index (χ1v) is 10.9. The molecule has 0 aliphatic carbocycles. The van der Waals surface area contributed by atoms with E-state index in [0.29, 0.717) is 33.9 Å². The zero-order valence-electron chi connectivity index (χ0n) is 18.0. The van der Waals surface area contributed by atoms with Crippen LogP contribution in [0.3, 0.4) is 0 Å². The molecule has 0 radical (unpaired) electrons. The van der Waals surface area contributed by atoms with Crippen LogP contribution >= 0.6 is 11.8 Å². The van der Waals surface area contributed by atoms with E-state index < -0.39 is 0 Å². The van der Waals surface area contributed by atoms with E-state index in [0.717, 1.165) is 11.1 Å². The third-order valence-corrected chi connectivity index (χ3v) is 5.78. The normalized spacial score (nSPS) is 10.7. The number of benzene rings is 2. The maximum atomic E-state index is 12.7. The van der Waals surface area contributed by atoms with Crippen molar-refractivity contribution in [3.8, 4) is 28.7 Å². The summed E-state index contributed by atoms with van der Waals surface area (Å²) in [6.45, 7) is 1.98. The molecule has 2 aromatic carbocycles. The fourth-order valence-electron chi connectivity index (χ4n) is 3.16. The first-order chi connectivity index (χ1) is 15.6. The van der Waals surface area contributed by atoms with Crippen molar-refractivity contribution in [1.82, 2.24) is 19.7 Å². The molecule has 0 fully saturated rings. The monoisotopic (exact) mass is 446 g/mol. The zero-order chi connectivity index (χ0) is 22.5. The van der Waals surface area contributed by atoms with Crippen LogP contribution in [-0.2, 0) is 0 Å². The molecule has 0 saturated heterocycles. The van der Waals surface area contributed by atoms with Crippen LogP contribution in [0.1, 0.15) is 15.9 Å². The van der Waals surface area contributed by atoms with Crippen molar-refractivity contribution < 1.29 is 14.3 Å². The predicted molar refractivity (Wildman–Crippen MR) is 124 cm³/mol. The highest BCUT2D eigenvalue weighted by atomic mass is 32.2. The Kier molecular flexibility index (Phi) is 6.51. The van der Waals surface area contributed by atoms with Crippen LogP contribution in [0.15, 0.2) is 72.0 Å². The largest absolute Gasteiger partial charge is 0.497 e. The number of pyridine rings is 1. The first kappa shape index (κ1) is 21.6. The molecule has 0 bridgehead atoms. The average Bonchev–Trinajstić information content (AvgIpc) is 3.26. The topological polar surface area (TPSA) is 79.1 Å². The number of hydrogen-bond acceptors (Lipinski definition) is 7. The van der Waals surface area contributed by atoms with E-state index >= 15 is 0 Å².